The predicted molar refractivity (Wildman–Crippen MR) is 116 cm³/mol. The van der Waals surface area contributed by atoms with E-state index >= 15 is 0 Å². The summed E-state index contributed by atoms with van der Waals surface area (Å²) >= 11 is 5.95. The van der Waals surface area contributed by atoms with Crippen LogP contribution in [-0.4, -0.2) is 22.5 Å². The summed E-state index contributed by atoms with van der Waals surface area (Å²) in [4.78, 5) is 25.4. The highest BCUT2D eigenvalue weighted by Crippen LogP contribution is 2.59. The van der Waals surface area contributed by atoms with Gasteiger partial charge in [0.1, 0.15) is 5.75 Å². The summed E-state index contributed by atoms with van der Waals surface area (Å²) in [5.74, 6) is 2.03. The smallest absolute Gasteiger partial charge is 0.251 e. The van der Waals surface area contributed by atoms with Gasteiger partial charge in [-0.1, -0.05) is 17.7 Å². The van der Waals surface area contributed by atoms with Gasteiger partial charge in [0.15, 0.2) is 0 Å². The SMILES string of the molecule is O=C(Cc1cc(Cl)ccc1O)Nc1cccc(C(=O)NC23CC4CC(C2)C(C4)C3)c1. The summed E-state index contributed by atoms with van der Waals surface area (Å²) < 4.78 is 0. The quantitative estimate of drug-likeness (QED) is 0.659. The second-order valence-electron chi connectivity index (χ2n) is 9.28. The first-order valence-electron chi connectivity index (χ1n) is 10.6. The van der Waals surface area contributed by atoms with Crippen LogP contribution in [0, 0.1) is 17.8 Å². The van der Waals surface area contributed by atoms with Crippen molar-refractivity contribution in [3.63, 3.8) is 0 Å². The number of carbonyl (C=O) groups is 2. The Morgan fingerprint density at radius 1 is 1.07 bits per heavy atom. The number of phenols is 1. The lowest BCUT2D eigenvalue weighted by molar-refractivity contribution is -0.115. The molecule has 156 valence electrons. The first kappa shape index (κ1) is 19.4. The van der Waals surface area contributed by atoms with E-state index in [1.807, 2.05) is 0 Å². The Balaban J connectivity index is 1.25. The second-order valence-corrected chi connectivity index (χ2v) is 9.72. The van der Waals surface area contributed by atoms with Gasteiger partial charge in [-0.15, -0.1) is 0 Å². The van der Waals surface area contributed by atoms with Crippen LogP contribution in [0.1, 0.15) is 48.0 Å². The zero-order valence-corrected chi connectivity index (χ0v) is 17.4. The van der Waals surface area contributed by atoms with Crippen LogP contribution in [0.2, 0.25) is 5.02 Å². The molecule has 4 fully saturated rings. The number of nitrogens with one attached hydrogen (secondary N) is 2. The molecule has 4 bridgehead atoms. The van der Waals surface area contributed by atoms with Crippen molar-refractivity contribution in [1.29, 1.82) is 0 Å². The molecule has 4 saturated carbocycles. The summed E-state index contributed by atoms with van der Waals surface area (Å²) in [7, 11) is 0. The summed E-state index contributed by atoms with van der Waals surface area (Å²) in [6.45, 7) is 0. The van der Waals surface area contributed by atoms with Crippen LogP contribution in [0.4, 0.5) is 5.69 Å². The standard InChI is InChI=1S/C24H25ClN2O3/c25-19-4-5-21(28)16(8-19)10-22(29)26-20-3-1-2-15(9-20)23(30)27-24-11-14-6-17(12-24)18(7-14)13-24/h1-5,8-9,14,17-18,28H,6-7,10-13H2,(H,26,29)(H,27,30). The van der Waals surface area contributed by atoms with E-state index in [9.17, 15) is 14.7 Å². The number of carbonyl (C=O) groups excluding carboxylic acids is 2. The lowest BCUT2D eigenvalue weighted by atomic mass is 9.75. The molecule has 0 radical (unpaired) electrons. The van der Waals surface area contributed by atoms with Gasteiger partial charge in [-0.3, -0.25) is 9.59 Å². The van der Waals surface area contributed by atoms with Crippen LogP contribution in [0.15, 0.2) is 42.5 Å². The molecular formula is C24H25ClN2O3. The van der Waals surface area contributed by atoms with Crippen molar-refractivity contribution in [2.75, 3.05) is 5.32 Å². The molecule has 5 nitrogen and oxygen atoms in total. The maximum atomic E-state index is 13.0. The molecule has 0 saturated heterocycles. The Bertz CT molecular complexity index is 1000. The lowest BCUT2D eigenvalue weighted by Gasteiger charge is -2.39. The van der Waals surface area contributed by atoms with E-state index in [1.54, 1.807) is 36.4 Å². The lowest BCUT2D eigenvalue weighted by Crippen LogP contribution is -2.50. The average Bonchev–Trinajstić information content (AvgIpc) is 3.11. The van der Waals surface area contributed by atoms with Crippen molar-refractivity contribution in [2.45, 2.75) is 44.1 Å². The largest absolute Gasteiger partial charge is 0.508 e. The Labute approximate surface area is 180 Å². The van der Waals surface area contributed by atoms with Crippen LogP contribution < -0.4 is 10.6 Å². The summed E-state index contributed by atoms with van der Waals surface area (Å²) in [5.41, 5.74) is 1.54. The van der Waals surface area contributed by atoms with Crippen molar-refractivity contribution in [3.05, 3.63) is 58.6 Å². The second kappa shape index (κ2) is 7.31. The molecule has 0 aliphatic heterocycles. The molecule has 2 aromatic carbocycles. The Morgan fingerprint density at radius 3 is 2.57 bits per heavy atom. The van der Waals surface area contributed by atoms with Crippen molar-refractivity contribution < 1.29 is 14.7 Å². The van der Waals surface area contributed by atoms with Crippen molar-refractivity contribution in [1.82, 2.24) is 5.32 Å². The summed E-state index contributed by atoms with van der Waals surface area (Å²) in [5, 5.41) is 16.5. The van der Waals surface area contributed by atoms with Crippen LogP contribution >= 0.6 is 11.6 Å². The topological polar surface area (TPSA) is 78.4 Å². The molecule has 2 unspecified atom stereocenters. The molecule has 4 aliphatic carbocycles. The van der Waals surface area contributed by atoms with E-state index in [4.69, 9.17) is 11.6 Å². The number of amides is 2. The molecule has 6 heteroatoms. The molecule has 2 amide bonds. The van der Waals surface area contributed by atoms with Crippen molar-refractivity contribution >= 4 is 29.1 Å². The number of rotatable bonds is 5. The van der Waals surface area contributed by atoms with Crippen molar-refractivity contribution in [3.8, 4) is 5.75 Å². The van der Waals surface area contributed by atoms with E-state index < -0.39 is 0 Å². The normalized spacial score (nSPS) is 28.5. The third-order valence-electron chi connectivity index (χ3n) is 7.10. The van der Waals surface area contributed by atoms with Gasteiger partial charge >= 0.3 is 0 Å². The fraction of sp³-hybridized carbons (Fsp3) is 0.417. The predicted octanol–water partition coefficient (Wildman–Crippen LogP) is 4.54. The average molecular weight is 425 g/mol. The molecule has 2 aromatic rings. The van der Waals surface area contributed by atoms with Gasteiger partial charge in [0.05, 0.1) is 6.42 Å². The van der Waals surface area contributed by atoms with Gasteiger partial charge in [-0.2, -0.15) is 0 Å². The third kappa shape index (κ3) is 3.67. The zero-order chi connectivity index (χ0) is 20.9. The van der Waals surface area contributed by atoms with Crippen LogP contribution in [0.25, 0.3) is 0 Å². The van der Waals surface area contributed by atoms with Crippen molar-refractivity contribution in [2.24, 2.45) is 17.8 Å². The number of halogens is 1. The van der Waals surface area contributed by atoms with Gasteiger partial charge in [-0.05, 0) is 86.3 Å². The molecular weight excluding hydrogens is 400 g/mol. The zero-order valence-electron chi connectivity index (χ0n) is 16.7. The fourth-order valence-electron chi connectivity index (χ4n) is 6.09. The number of hydrogen-bond donors (Lipinski definition) is 3. The number of phenolic OH excluding ortho intramolecular Hbond substituents is 1. The molecule has 0 aromatic heterocycles. The first-order chi connectivity index (χ1) is 14.4. The van der Waals surface area contributed by atoms with Crippen LogP contribution in [0.3, 0.4) is 0 Å². The Hall–Kier alpha value is -2.53. The Morgan fingerprint density at radius 2 is 1.83 bits per heavy atom. The number of benzene rings is 2. The minimum atomic E-state index is -0.283. The summed E-state index contributed by atoms with van der Waals surface area (Å²) in [6.07, 6.45) is 6.00. The fourth-order valence-corrected chi connectivity index (χ4v) is 6.28. The maximum Gasteiger partial charge on any atom is 0.251 e. The van der Waals surface area contributed by atoms with Gasteiger partial charge in [0.2, 0.25) is 5.91 Å². The van der Waals surface area contributed by atoms with Gasteiger partial charge < -0.3 is 15.7 Å². The first-order valence-corrected chi connectivity index (χ1v) is 11.0. The molecule has 4 aliphatic rings. The highest BCUT2D eigenvalue weighted by atomic mass is 35.5. The van der Waals surface area contributed by atoms with E-state index in [2.05, 4.69) is 10.6 Å². The van der Waals surface area contributed by atoms with E-state index in [-0.39, 0.29) is 29.5 Å². The molecule has 6 rings (SSSR count). The van der Waals surface area contributed by atoms with E-state index in [0.717, 1.165) is 37.0 Å². The van der Waals surface area contributed by atoms with Gasteiger partial charge in [-0.25, -0.2) is 0 Å². The summed E-state index contributed by atoms with van der Waals surface area (Å²) in [6, 6.07) is 11.6. The molecule has 3 N–H and O–H groups in total. The van der Waals surface area contributed by atoms with E-state index in [0.29, 0.717) is 21.8 Å². The molecule has 0 heterocycles. The van der Waals surface area contributed by atoms with E-state index in [1.165, 1.54) is 18.9 Å². The number of anilines is 1. The van der Waals surface area contributed by atoms with Gasteiger partial charge in [0, 0.05) is 27.4 Å². The van der Waals surface area contributed by atoms with Gasteiger partial charge in [0.25, 0.3) is 5.91 Å². The van der Waals surface area contributed by atoms with Crippen LogP contribution in [0.5, 0.6) is 5.75 Å². The number of aromatic hydroxyl groups is 1. The number of hydrogen-bond acceptors (Lipinski definition) is 3. The Kier molecular flexibility index (Phi) is 4.73. The minimum absolute atomic E-state index is 0.00388. The maximum absolute atomic E-state index is 13.0. The molecule has 30 heavy (non-hydrogen) atoms. The minimum Gasteiger partial charge on any atom is -0.508 e. The molecule has 0 spiro atoms. The molecule has 2 atom stereocenters. The van der Waals surface area contributed by atoms with Crippen LogP contribution in [-0.2, 0) is 11.2 Å². The monoisotopic (exact) mass is 424 g/mol. The highest BCUT2D eigenvalue weighted by molar-refractivity contribution is 6.30. The third-order valence-corrected chi connectivity index (χ3v) is 7.34. The highest BCUT2D eigenvalue weighted by Gasteiger charge is 2.56.